The third-order valence-corrected chi connectivity index (χ3v) is 5.53. The summed E-state index contributed by atoms with van der Waals surface area (Å²) < 4.78 is 33.0. The van der Waals surface area contributed by atoms with Crippen LogP contribution in [0.2, 0.25) is 0 Å². The van der Waals surface area contributed by atoms with Crippen molar-refractivity contribution in [2.75, 3.05) is 18.0 Å². The Bertz CT molecular complexity index is 1170. The molecule has 0 radical (unpaired) electrons. The van der Waals surface area contributed by atoms with Crippen molar-refractivity contribution in [1.82, 2.24) is 4.98 Å². The maximum absolute atomic E-state index is 13.7. The molecule has 1 aliphatic rings. The van der Waals surface area contributed by atoms with Crippen molar-refractivity contribution < 1.29 is 13.2 Å². The number of halogens is 2. The number of aliphatic imine (C=N–C) groups is 1. The average molecular weight is 417 g/mol. The van der Waals surface area contributed by atoms with Gasteiger partial charge in [-0.1, -0.05) is 60.7 Å². The molecule has 0 saturated carbocycles. The first-order valence-electron chi connectivity index (χ1n) is 10.3. The summed E-state index contributed by atoms with van der Waals surface area (Å²) in [5, 5.41) is 0.810. The molecule has 0 bridgehead atoms. The van der Waals surface area contributed by atoms with Crippen LogP contribution in [0, 0.1) is 0 Å². The Morgan fingerprint density at radius 2 is 1.52 bits per heavy atom. The summed E-state index contributed by atoms with van der Waals surface area (Å²) in [6.07, 6.45) is 1.23. The number of nitrogens with zero attached hydrogens (tertiary/aromatic N) is 3. The molecular formula is C25H21F2N3O. The number of aromatic nitrogens is 1. The highest BCUT2D eigenvalue weighted by Crippen LogP contribution is 2.35. The largest absolute Gasteiger partial charge is 0.464 e. The normalized spacial score (nSPS) is 15.7. The average Bonchev–Trinajstić information content (AvgIpc) is 3.27. The first-order valence-corrected chi connectivity index (χ1v) is 10.3. The lowest BCUT2D eigenvalue weighted by molar-refractivity contribution is -0.0221. The van der Waals surface area contributed by atoms with Crippen molar-refractivity contribution in [2.24, 2.45) is 4.99 Å². The molecule has 1 fully saturated rings. The van der Waals surface area contributed by atoms with Crippen LogP contribution in [0.15, 0.2) is 88.5 Å². The number of alkyl halides is 2. The van der Waals surface area contributed by atoms with Crippen LogP contribution in [-0.4, -0.2) is 29.7 Å². The molecule has 3 heterocycles. The van der Waals surface area contributed by atoms with Crippen LogP contribution in [0.4, 0.5) is 20.4 Å². The molecule has 2 aromatic carbocycles. The molecule has 5 rings (SSSR count). The van der Waals surface area contributed by atoms with Gasteiger partial charge in [0.2, 0.25) is 0 Å². The number of furan rings is 1. The second-order valence-electron chi connectivity index (χ2n) is 7.67. The van der Waals surface area contributed by atoms with Gasteiger partial charge in [0, 0.05) is 43.1 Å². The fourth-order valence-electron chi connectivity index (χ4n) is 3.88. The zero-order valence-corrected chi connectivity index (χ0v) is 16.8. The summed E-state index contributed by atoms with van der Waals surface area (Å²) in [6.45, 7) is 0.495. The fraction of sp³-hybridized carbons (Fsp3) is 0.200. The van der Waals surface area contributed by atoms with Crippen LogP contribution in [0.25, 0.3) is 11.0 Å². The number of anilines is 1. The molecule has 1 aliphatic heterocycles. The Morgan fingerprint density at radius 1 is 0.903 bits per heavy atom. The van der Waals surface area contributed by atoms with Crippen molar-refractivity contribution >= 4 is 28.3 Å². The minimum Gasteiger partial charge on any atom is -0.464 e. The smallest absolute Gasteiger partial charge is 0.251 e. The molecule has 6 heteroatoms. The second kappa shape index (κ2) is 7.95. The number of hydrogen-bond acceptors (Lipinski definition) is 4. The van der Waals surface area contributed by atoms with E-state index in [9.17, 15) is 8.78 Å². The number of benzene rings is 2. The van der Waals surface area contributed by atoms with E-state index in [1.807, 2.05) is 71.6 Å². The van der Waals surface area contributed by atoms with Crippen LogP contribution >= 0.6 is 0 Å². The Labute approximate surface area is 178 Å². The molecule has 0 atom stereocenters. The molecule has 2 aromatic heterocycles. The minimum absolute atomic E-state index is 0.180. The van der Waals surface area contributed by atoms with E-state index in [0.29, 0.717) is 17.2 Å². The van der Waals surface area contributed by atoms with E-state index < -0.39 is 5.92 Å². The van der Waals surface area contributed by atoms with Gasteiger partial charge in [0.05, 0.1) is 17.4 Å². The fourth-order valence-corrected chi connectivity index (χ4v) is 3.88. The molecule has 0 unspecified atom stereocenters. The molecule has 156 valence electrons. The highest BCUT2D eigenvalue weighted by atomic mass is 19.3. The van der Waals surface area contributed by atoms with Crippen LogP contribution < -0.4 is 4.90 Å². The zero-order valence-electron chi connectivity index (χ0n) is 16.8. The number of hydrogen-bond donors (Lipinski definition) is 0. The zero-order chi connectivity index (χ0) is 21.3. The number of rotatable bonds is 4. The third-order valence-electron chi connectivity index (χ3n) is 5.53. The molecule has 31 heavy (non-hydrogen) atoms. The van der Waals surface area contributed by atoms with Crippen molar-refractivity contribution in [3.8, 4) is 0 Å². The SMILES string of the molecule is FC1(F)CCN(c2nc(N=C(c3ccccc3)c3ccccc3)cc3occc23)CC1. The van der Waals surface area contributed by atoms with Crippen LogP contribution in [-0.2, 0) is 0 Å². The van der Waals surface area contributed by atoms with Gasteiger partial charge in [0.1, 0.15) is 11.4 Å². The maximum Gasteiger partial charge on any atom is 0.251 e. The summed E-state index contributed by atoms with van der Waals surface area (Å²) in [4.78, 5) is 11.6. The number of fused-ring (bicyclic) bond motifs is 1. The molecular weight excluding hydrogens is 396 g/mol. The summed E-state index contributed by atoms with van der Waals surface area (Å²) >= 11 is 0. The molecule has 0 N–H and O–H groups in total. The van der Waals surface area contributed by atoms with Crippen LogP contribution in [0.1, 0.15) is 24.0 Å². The highest BCUT2D eigenvalue weighted by molar-refractivity contribution is 6.14. The Hall–Kier alpha value is -3.54. The van der Waals surface area contributed by atoms with E-state index in [2.05, 4.69) is 0 Å². The molecule has 0 aliphatic carbocycles. The monoisotopic (exact) mass is 417 g/mol. The van der Waals surface area contributed by atoms with E-state index in [4.69, 9.17) is 14.4 Å². The van der Waals surface area contributed by atoms with Crippen LogP contribution in [0.3, 0.4) is 0 Å². The van der Waals surface area contributed by atoms with Gasteiger partial charge in [-0.05, 0) is 6.07 Å². The Balaban J connectivity index is 1.61. The lowest BCUT2D eigenvalue weighted by Gasteiger charge is -2.32. The first-order chi connectivity index (χ1) is 15.1. The molecule has 0 spiro atoms. The van der Waals surface area contributed by atoms with Gasteiger partial charge in [0.15, 0.2) is 5.82 Å². The van der Waals surface area contributed by atoms with E-state index in [1.54, 1.807) is 12.3 Å². The van der Waals surface area contributed by atoms with Crippen molar-refractivity contribution in [3.05, 3.63) is 90.2 Å². The van der Waals surface area contributed by atoms with Gasteiger partial charge >= 0.3 is 0 Å². The number of pyridine rings is 1. The lowest BCUT2D eigenvalue weighted by atomic mass is 10.0. The summed E-state index contributed by atoms with van der Waals surface area (Å²) in [6, 6.07) is 23.4. The van der Waals surface area contributed by atoms with E-state index in [1.165, 1.54) is 0 Å². The quantitative estimate of drug-likeness (QED) is 0.370. The topological polar surface area (TPSA) is 41.6 Å². The van der Waals surface area contributed by atoms with Gasteiger partial charge in [-0.25, -0.2) is 18.8 Å². The van der Waals surface area contributed by atoms with Gasteiger partial charge in [-0.15, -0.1) is 0 Å². The maximum atomic E-state index is 13.7. The third kappa shape index (κ3) is 4.06. The Morgan fingerprint density at radius 3 is 2.13 bits per heavy atom. The van der Waals surface area contributed by atoms with Crippen LogP contribution in [0.5, 0.6) is 0 Å². The van der Waals surface area contributed by atoms with Gasteiger partial charge in [-0.3, -0.25) is 0 Å². The van der Waals surface area contributed by atoms with Crippen molar-refractivity contribution in [2.45, 2.75) is 18.8 Å². The predicted molar refractivity (Wildman–Crippen MR) is 119 cm³/mol. The lowest BCUT2D eigenvalue weighted by Crippen LogP contribution is -2.39. The predicted octanol–water partition coefficient (Wildman–Crippen LogP) is 6.23. The summed E-state index contributed by atoms with van der Waals surface area (Å²) in [5.41, 5.74) is 3.36. The summed E-state index contributed by atoms with van der Waals surface area (Å²) in [5.74, 6) is -1.49. The standard InChI is InChI=1S/C25H21F2N3O/c26-25(27)12-14-30(15-13-25)24-20-11-16-31-21(20)17-22(29-24)28-23(18-7-3-1-4-8-18)19-9-5-2-6-10-19/h1-11,16-17H,12-15H2. The van der Waals surface area contributed by atoms with E-state index in [-0.39, 0.29) is 25.9 Å². The molecule has 1 saturated heterocycles. The van der Waals surface area contributed by atoms with Gasteiger partial charge in [-0.2, -0.15) is 0 Å². The minimum atomic E-state index is -2.62. The number of piperidine rings is 1. The molecule has 4 nitrogen and oxygen atoms in total. The van der Waals surface area contributed by atoms with Gasteiger partial charge < -0.3 is 9.32 Å². The molecule has 4 aromatic rings. The first kappa shape index (κ1) is 19.4. The summed E-state index contributed by atoms with van der Waals surface area (Å²) in [7, 11) is 0. The van der Waals surface area contributed by atoms with Gasteiger partial charge in [0.25, 0.3) is 5.92 Å². The van der Waals surface area contributed by atoms with Crippen molar-refractivity contribution in [3.63, 3.8) is 0 Å². The second-order valence-corrected chi connectivity index (χ2v) is 7.67. The highest BCUT2D eigenvalue weighted by Gasteiger charge is 2.35. The Kier molecular flexibility index (Phi) is 4.98. The van der Waals surface area contributed by atoms with E-state index in [0.717, 1.165) is 22.2 Å². The van der Waals surface area contributed by atoms with E-state index >= 15 is 0 Å². The molecule has 0 amide bonds. The van der Waals surface area contributed by atoms with Crippen molar-refractivity contribution in [1.29, 1.82) is 0 Å².